The number of rotatable bonds is 3. The van der Waals surface area contributed by atoms with Crippen LogP contribution in [0.1, 0.15) is 11.1 Å². The molecule has 0 fully saturated rings. The molecule has 0 spiro atoms. The number of aryl methyl sites for hydroxylation is 1. The van der Waals surface area contributed by atoms with Crippen LogP contribution in [0.15, 0.2) is 46.9 Å². The Morgan fingerprint density at radius 3 is 2.44 bits per heavy atom. The Labute approximate surface area is 120 Å². The number of hydrogen-bond acceptors (Lipinski definition) is 2. The van der Waals surface area contributed by atoms with Gasteiger partial charge in [-0.3, -0.25) is 0 Å². The quantitative estimate of drug-likeness (QED) is 0.835. The van der Waals surface area contributed by atoms with Gasteiger partial charge in [0, 0.05) is 21.4 Å². The second-order valence-corrected chi connectivity index (χ2v) is 5.26. The monoisotopic (exact) mass is 320 g/mol. The molecule has 0 saturated carbocycles. The van der Waals surface area contributed by atoms with Crippen LogP contribution in [0.3, 0.4) is 0 Å². The van der Waals surface area contributed by atoms with Gasteiger partial charge in [0.15, 0.2) is 0 Å². The van der Waals surface area contributed by atoms with Crippen molar-refractivity contribution in [2.75, 3.05) is 5.32 Å². The Morgan fingerprint density at radius 1 is 1.11 bits per heavy atom. The van der Waals surface area contributed by atoms with Crippen molar-refractivity contribution in [3.63, 3.8) is 0 Å². The summed E-state index contributed by atoms with van der Waals surface area (Å²) in [5, 5.41) is 3.37. The second kappa shape index (κ2) is 5.50. The second-order valence-electron chi connectivity index (χ2n) is 3.97. The van der Waals surface area contributed by atoms with Crippen LogP contribution in [0, 0.1) is 6.92 Å². The van der Waals surface area contributed by atoms with E-state index in [1.165, 1.54) is 5.56 Å². The Bertz CT molecular complexity index is 596. The number of thiocarbonyl (C=S) groups is 1. The van der Waals surface area contributed by atoms with Crippen LogP contribution in [0.2, 0.25) is 0 Å². The molecule has 0 aliphatic rings. The van der Waals surface area contributed by atoms with Crippen LogP contribution in [0.5, 0.6) is 0 Å². The summed E-state index contributed by atoms with van der Waals surface area (Å²) in [6.07, 6.45) is 0. The summed E-state index contributed by atoms with van der Waals surface area (Å²) in [5.74, 6) is 0. The molecule has 3 N–H and O–H groups in total. The van der Waals surface area contributed by atoms with Crippen LogP contribution in [-0.2, 0) is 0 Å². The van der Waals surface area contributed by atoms with E-state index in [2.05, 4.69) is 34.2 Å². The first-order chi connectivity index (χ1) is 8.59. The maximum absolute atomic E-state index is 5.77. The summed E-state index contributed by atoms with van der Waals surface area (Å²) in [7, 11) is 0. The third-order valence-corrected chi connectivity index (χ3v) is 3.54. The van der Waals surface area contributed by atoms with E-state index in [0.29, 0.717) is 4.99 Å². The lowest BCUT2D eigenvalue weighted by molar-refractivity contribution is 1.42. The van der Waals surface area contributed by atoms with Gasteiger partial charge in [-0.25, -0.2) is 0 Å². The highest BCUT2D eigenvalue weighted by Gasteiger charge is 2.09. The van der Waals surface area contributed by atoms with Crippen molar-refractivity contribution in [1.29, 1.82) is 0 Å². The van der Waals surface area contributed by atoms with Gasteiger partial charge in [-0.1, -0.05) is 36.5 Å². The van der Waals surface area contributed by atoms with Crippen molar-refractivity contribution in [1.82, 2.24) is 0 Å². The summed E-state index contributed by atoms with van der Waals surface area (Å²) in [4.78, 5) is 0.374. The van der Waals surface area contributed by atoms with Gasteiger partial charge in [0.25, 0.3) is 0 Å². The number of halogens is 1. The fourth-order valence-electron chi connectivity index (χ4n) is 1.74. The number of nitrogens with one attached hydrogen (secondary N) is 1. The van der Waals surface area contributed by atoms with Gasteiger partial charge >= 0.3 is 0 Å². The highest BCUT2D eigenvalue weighted by molar-refractivity contribution is 9.10. The van der Waals surface area contributed by atoms with Crippen molar-refractivity contribution < 1.29 is 0 Å². The fourth-order valence-corrected chi connectivity index (χ4v) is 2.67. The average molecular weight is 321 g/mol. The molecule has 0 aliphatic heterocycles. The van der Waals surface area contributed by atoms with Gasteiger partial charge in [-0.2, -0.15) is 0 Å². The lowest BCUT2D eigenvalue weighted by atomic mass is 10.1. The van der Waals surface area contributed by atoms with Crippen LogP contribution >= 0.6 is 28.1 Å². The minimum absolute atomic E-state index is 0.374. The molecule has 2 aromatic carbocycles. The van der Waals surface area contributed by atoms with Crippen molar-refractivity contribution in [3.8, 4) is 0 Å². The summed E-state index contributed by atoms with van der Waals surface area (Å²) in [6, 6.07) is 13.9. The SMILES string of the molecule is Cc1ccccc1Nc1cccc(Br)c1C(N)=S. The predicted octanol–water partition coefficient (Wildman–Crippen LogP) is 4.14. The number of anilines is 2. The largest absolute Gasteiger partial charge is 0.389 e. The molecule has 0 amide bonds. The molecule has 0 radical (unpaired) electrons. The molecule has 0 aromatic heterocycles. The maximum atomic E-state index is 5.77. The topological polar surface area (TPSA) is 38.0 Å². The summed E-state index contributed by atoms with van der Waals surface area (Å²) in [5.41, 5.74) is 9.73. The molecular formula is C14H13BrN2S. The molecule has 0 unspecified atom stereocenters. The van der Waals surface area contributed by atoms with E-state index in [1.54, 1.807) is 0 Å². The minimum atomic E-state index is 0.374. The van der Waals surface area contributed by atoms with Gasteiger partial charge in [-0.15, -0.1) is 0 Å². The van der Waals surface area contributed by atoms with E-state index < -0.39 is 0 Å². The number of hydrogen-bond donors (Lipinski definition) is 2. The first-order valence-electron chi connectivity index (χ1n) is 5.50. The smallest absolute Gasteiger partial charge is 0.107 e. The van der Waals surface area contributed by atoms with Crippen molar-refractivity contribution in [2.24, 2.45) is 5.73 Å². The lowest BCUT2D eigenvalue weighted by Crippen LogP contribution is -2.13. The van der Waals surface area contributed by atoms with E-state index in [9.17, 15) is 0 Å². The summed E-state index contributed by atoms with van der Waals surface area (Å²) >= 11 is 8.57. The predicted molar refractivity (Wildman–Crippen MR) is 84.5 cm³/mol. The zero-order chi connectivity index (χ0) is 13.1. The molecule has 2 aromatic rings. The molecule has 2 nitrogen and oxygen atoms in total. The van der Waals surface area contributed by atoms with Crippen LogP contribution in [-0.4, -0.2) is 4.99 Å². The van der Waals surface area contributed by atoms with Gasteiger partial charge in [0.2, 0.25) is 0 Å². The molecule has 0 aliphatic carbocycles. The number of nitrogens with two attached hydrogens (primary N) is 1. The van der Waals surface area contributed by atoms with E-state index in [0.717, 1.165) is 21.4 Å². The third-order valence-electron chi connectivity index (χ3n) is 2.67. The molecule has 18 heavy (non-hydrogen) atoms. The standard InChI is InChI=1S/C14H13BrN2S/c1-9-5-2-3-7-11(9)17-12-8-4-6-10(15)13(12)14(16)18/h2-8,17H,1H3,(H2,16,18). The normalized spacial score (nSPS) is 10.1. The van der Waals surface area contributed by atoms with Crippen LogP contribution in [0.25, 0.3) is 0 Å². The molecular weight excluding hydrogens is 308 g/mol. The number of benzene rings is 2. The Hall–Kier alpha value is -1.39. The van der Waals surface area contributed by atoms with Crippen LogP contribution < -0.4 is 11.1 Å². The minimum Gasteiger partial charge on any atom is -0.389 e. The Balaban J connectivity index is 2.44. The molecule has 0 saturated heterocycles. The molecule has 4 heteroatoms. The highest BCUT2D eigenvalue weighted by atomic mass is 79.9. The first-order valence-corrected chi connectivity index (χ1v) is 6.70. The molecule has 92 valence electrons. The van der Waals surface area contributed by atoms with E-state index in [1.807, 2.05) is 36.4 Å². The summed E-state index contributed by atoms with van der Waals surface area (Å²) in [6.45, 7) is 2.06. The summed E-state index contributed by atoms with van der Waals surface area (Å²) < 4.78 is 0.897. The average Bonchev–Trinajstić information content (AvgIpc) is 2.31. The molecule has 2 rings (SSSR count). The fraction of sp³-hybridized carbons (Fsp3) is 0.0714. The van der Waals surface area contributed by atoms with E-state index >= 15 is 0 Å². The zero-order valence-corrected chi connectivity index (χ0v) is 12.3. The van der Waals surface area contributed by atoms with Gasteiger partial charge in [0.05, 0.1) is 0 Å². The zero-order valence-electron chi connectivity index (χ0n) is 9.91. The third kappa shape index (κ3) is 2.71. The van der Waals surface area contributed by atoms with Crippen molar-refractivity contribution in [3.05, 3.63) is 58.1 Å². The van der Waals surface area contributed by atoms with E-state index in [-0.39, 0.29) is 0 Å². The lowest BCUT2D eigenvalue weighted by Gasteiger charge is -2.14. The molecule has 0 heterocycles. The highest BCUT2D eigenvalue weighted by Crippen LogP contribution is 2.28. The van der Waals surface area contributed by atoms with Crippen molar-refractivity contribution in [2.45, 2.75) is 6.92 Å². The number of para-hydroxylation sites is 1. The van der Waals surface area contributed by atoms with E-state index in [4.69, 9.17) is 18.0 Å². The Kier molecular flexibility index (Phi) is 3.99. The van der Waals surface area contributed by atoms with Gasteiger partial charge in [0.1, 0.15) is 4.99 Å². The van der Waals surface area contributed by atoms with Gasteiger partial charge in [-0.05, 0) is 46.6 Å². The first kappa shape index (κ1) is 13.1. The maximum Gasteiger partial charge on any atom is 0.107 e. The van der Waals surface area contributed by atoms with Crippen LogP contribution in [0.4, 0.5) is 11.4 Å². The Morgan fingerprint density at radius 2 is 1.78 bits per heavy atom. The van der Waals surface area contributed by atoms with Gasteiger partial charge < -0.3 is 11.1 Å². The van der Waals surface area contributed by atoms with Crippen molar-refractivity contribution >= 4 is 44.5 Å². The molecule has 0 atom stereocenters. The molecule has 0 bridgehead atoms.